The minimum Gasteiger partial charge on any atom is -0.364 e. The van der Waals surface area contributed by atoms with Crippen LogP contribution in [0, 0.1) is 5.92 Å². The van der Waals surface area contributed by atoms with Crippen LogP contribution in [-0.4, -0.2) is 37.7 Å². The van der Waals surface area contributed by atoms with Crippen molar-refractivity contribution in [3.8, 4) is 0 Å². The lowest BCUT2D eigenvalue weighted by atomic mass is 9.97. The molecule has 0 bridgehead atoms. The number of rotatable bonds is 5. The number of carbonyl (C=O) groups excluding carboxylic acids is 1. The molecule has 4 nitrogen and oxygen atoms in total. The van der Waals surface area contributed by atoms with Crippen molar-refractivity contribution >= 4 is 5.91 Å². The average molecular weight is 226 g/mol. The quantitative estimate of drug-likeness (QED) is 0.678. The Balaban J connectivity index is 2.34. The average Bonchev–Trinajstić information content (AvgIpc) is 2.28. The van der Waals surface area contributed by atoms with E-state index in [0.29, 0.717) is 12.5 Å². The van der Waals surface area contributed by atoms with Gasteiger partial charge in [-0.2, -0.15) is 0 Å². The van der Waals surface area contributed by atoms with Crippen LogP contribution in [0.4, 0.5) is 0 Å². The molecule has 0 radical (unpaired) electrons. The molecule has 0 aromatic rings. The standard InChI is InChI=1S/C12H22N2O2/c1-4-6-14-12(15)10(3)16-11-8-13-7-5-9(11)2/h4,9-11,13H,1,5-8H2,2-3H3,(H,14,15). The molecule has 0 saturated carbocycles. The molecule has 2 N–H and O–H groups in total. The van der Waals surface area contributed by atoms with E-state index in [1.807, 2.05) is 0 Å². The van der Waals surface area contributed by atoms with Crippen molar-refractivity contribution in [1.82, 2.24) is 10.6 Å². The summed E-state index contributed by atoms with van der Waals surface area (Å²) in [6.45, 7) is 9.88. The van der Waals surface area contributed by atoms with E-state index < -0.39 is 6.10 Å². The van der Waals surface area contributed by atoms with Gasteiger partial charge < -0.3 is 15.4 Å². The molecule has 1 saturated heterocycles. The number of piperidine rings is 1. The molecule has 16 heavy (non-hydrogen) atoms. The molecule has 1 fully saturated rings. The van der Waals surface area contributed by atoms with Gasteiger partial charge in [0.25, 0.3) is 0 Å². The lowest BCUT2D eigenvalue weighted by Crippen LogP contribution is -2.45. The van der Waals surface area contributed by atoms with Gasteiger partial charge in [-0.25, -0.2) is 0 Å². The number of ether oxygens (including phenoxy) is 1. The Hall–Kier alpha value is -0.870. The van der Waals surface area contributed by atoms with Crippen LogP contribution in [0.3, 0.4) is 0 Å². The molecule has 0 aliphatic carbocycles. The summed E-state index contributed by atoms with van der Waals surface area (Å²) in [7, 11) is 0. The first kappa shape index (κ1) is 13.2. The summed E-state index contributed by atoms with van der Waals surface area (Å²) in [5, 5.41) is 6.01. The van der Waals surface area contributed by atoms with Crippen molar-refractivity contribution in [3.05, 3.63) is 12.7 Å². The van der Waals surface area contributed by atoms with Crippen LogP contribution in [0.1, 0.15) is 20.3 Å². The number of amides is 1. The zero-order chi connectivity index (χ0) is 12.0. The molecule has 3 atom stereocenters. The van der Waals surface area contributed by atoms with E-state index in [-0.39, 0.29) is 12.0 Å². The van der Waals surface area contributed by atoms with Crippen LogP contribution in [-0.2, 0) is 9.53 Å². The first-order valence-electron chi connectivity index (χ1n) is 5.90. The SMILES string of the molecule is C=CCNC(=O)C(C)OC1CNCCC1C. The number of carbonyl (C=O) groups is 1. The van der Waals surface area contributed by atoms with Crippen LogP contribution in [0.5, 0.6) is 0 Å². The lowest BCUT2D eigenvalue weighted by molar-refractivity contribution is -0.137. The molecule has 1 heterocycles. The highest BCUT2D eigenvalue weighted by molar-refractivity contribution is 5.80. The topological polar surface area (TPSA) is 50.4 Å². The predicted molar refractivity (Wildman–Crippen MR) is 64.2 cm³/mol. The fourth-order valence-electron chi connectivity index (χ4n) is 1.78. The summed E-state index contributed by atoms with van der Waals surface area (Å²) in [6, 6.07) is 0. The van der Waals surface area contributed by atoms with Gasteiger partial charge >= 0.3 is 0 Å². The third-order valence-electron chi connectivity index (χ3n) is 2.93. The van der Waals surface area contributed by atoms with Gasteiger partial charge in [-0.05, 0) is 25.8 Å². The molecule has 1 aliphatic rings. The molecule has 0 spiro atoms. The predicted octanol–water partition coefficient (Wildman–Crippen LogP) is 0.692. The summed E-state index contributed by atoms with van der Waals surface area (Å²) in [4.78, 5) is 11.6. The van der Waals surface area contributed by atoms with Crippen molar-refractivity contribution in [2.45, 2.75) is 32.5 Å². The van der Waals surface area contributed by atoms with Crippen molar-refractivity contribution in [3.63, 3.8) is 0 Å². The Kier molecular flexibility index (Phi) is 5.49. The maximum atomic E-state index is 11.6. The van der Waals surface area contributed by atoms with E-state index in [9.17, 15) is 4.79 Å². The number of hydrogen-bond donors (Lipinski definition) is 2. The third-order valence-corrected chi connectivity index (χ3v) is 2.93. The molecule has 3 unspecified atom stereocenters. The molecular weight excluding hydrogens is 204 g/mol. The highest BCUT2D eigenvalue weighted by Gasteiger charge is 2.25. The highest BCUT2D eigenvalue weighted by atomic mass is 16.5. The number of nitrogens with one attached hydrogen (secondary N) is 2. The van der Waals surface area contributed by atoms with Crippen LogP contribution in [0.2, 0.25) is 0 Å². The van der Waals surface area contributed by atoms with Gasteiger partial charge in [0.2, 0.25) is 5.91 Å². The second-order valence-electron chi connectivity index (χ2n) is 4.32. The summed E-state index contributed by atoms with van der Waals surface area (Å²) in [5.41, 5.74) is 0. The van der Waals surface area contributed by atoms with E-state index in [1.54, 1.807) is 13.0 Å². The van der Waals surface area contributed by atoms with Crippen molar-refractivity contribution in [1.29, 1.82) is 0 Å². The summed E-state index contributed by atoms with van der Waals surface area (Å²) in [5.74, 6) is 0.438. The molecule has 0 aromatic heterocycles. The largest absolute Gasteiger partial charge is 0.364 e. The Morgan fingerprint density at radius 2 is 2.50 bits per heavy atom. The highest BCUT2D eigenvalue weighted by Crippen LogP contribution is 2.16. The normalized spacial score (nSPS) is 27.1. The van der Waals surface area contributed by atoms with Crippen molar-refractivity contribution in [2.24, 2.45) is 5.92 Å². The summed E-state index contributed by atoms with van der Waals surface area (Å²) >= 11 is 0. The molecule has 4 heteroatoms. The minimum atomic E-state index is -0.396. The van der Waals surface area contributed by atoms with E-state index in [1.165, 1.54) is 0 Å². The molecular formula is C12H22N2O2. The second-order valence-corrected chi connectivity index (χ2v) is 4.32. The molecule has 0 aromatic carbocycles. The monoisotopic (exact) mass is 226 g/mol. The van der Waals surface area contributed by atoms with E-state index >= 15 is 0 Å². The van der Waals surface area contributed by atoms with E-state index in [4.69, 9.17) is 4.74 Å². The minimum absolute atomic E-state index is 0.0716. The molecule has 1 amide bonds. The fraction of sp³-hybridized carbons (Fsp3) is 0.750. The summed E-state index contributed by atoms with van der Waals surface area (Å²) < 4.78 is 5.75. The summed E-state index contributed by atoms with van der Waals surface area (Å²) in [6.07, 6.45) is 2.51. The Bertz CT molecular complexity index is 243. The van der Waals surface area contributed by atoms with Gasteiger partial charge in [0.15, 0.2) is 0 Å². The maximum absolute atomic E-state index is 11.6. The van der Waals surface area contributed by atoms with Crippen molar-refractivity contribution in [2.75, 3.05) is 19.6 Å². The van der Waals surface area contributed by atoms with Gasteiger partial charge in [-0.3, -0.25) is 4.79 Å². The Morgan fingerprint density at radius 1 is 1.75 bits per heavy atom. The van der Waals surface area contributed by atoms with E-state index in [0.717, 1.165) is 19.5 Å². The van der Waals surface area contributed by atoms with Crippen molar-refractivity contribution < 1.29 is 9.53 Å². The Labute approximate surface area is 97.4 Å². The molecule has 1 rings (SSSR count). The van der Waals surface area contributed by atoms with Crippen LogP contribution in [0.25, 0.3) is 0 Å². The fourth-order valence-corrected chi connectivity index (χ4v) is 1.78. The Morgan fingerprint density at radius 3 is 3.12 bits per heavy atom. The van der Waals surface area contributed by atoms with Crippen LogP contribution >= 0.6 is 0 Å². The first-order valence-corrected chi connectivity index (χ1v) is 5.90. The second kappa shape index (κ2) is 6.66. The first-order chi connectivity index (χ1) is 7.65. The van der Waals surface area contributed by atoms with E-state index in [2.05, 4.69) is 24.1 Å². The lowest BCUT2D eigenvalue weighted by Gasteiger charge is -2.31. The van der Waals surface area contributed by atoms with Gasteiger partial charge in [0.1, 0.15) is 6.10 Å². The number of hydrogen-bond acceptors (Lipinski definition) is 3. The van der Waals surface area contributed by atoms with Crippen LogP contribution in [0.15, 0.2) is 12.7 Å². The smallest absolute Gasteiger partial charge is 0.249 e. The van der Waals surface area contributed by atoms with Gasteiger partial charge in [-0.15, -0.1) is 6.58 Å². The zero-order valence-electron chi connectivity index (χ0n) is 10.2. The maximum Gasteiger partial charge on any atom is 0.249 e. The third kappa shape index (κ3) is 3.94. The zero-order valence-corrected chi connectivity index (χ0v) is 10.2. The van der Waals surface area contributed by atoms with Gasteiger partial charge in [0, 0.05) is 13.1 Å². The van der Waals surface area contributed by atoms with Crippen LogP contribution < -0.4 is 10.6 Å². The van der Waals surface area contributed by atoms with Gasteiger partial charge in [-0.1, -0.05) is 13.0 Å². The van der Waals surface area contributed by atoms with Gasteiger partial charge in [0.05, 0.1) is 6.10 Å². The molecule has 92 valence electrons. The molecule has 1 aliphatic heterocycles.